The zero-order valence-electron chi connectivity index (χ0n) is 12.6. The second-order valence-electron chi connectivity index (χ2n) is 5.04. The van der Waals surface area contributed by atoms with Crippen molar-refractivity contribution in [2.45, 2.75) is 26.8 Å². The highest BCUT2D eigenvalue weighted by molar-refractivity contribution is 5.74. The Morgan fingerprint density at radius 1 is 1.43 bits per heavy atom. The molecule has 0 aliphatic heterocycles. The summed E-state index contributed by atoms with van der Waals surface area (Å²) in [7, 11) is 1.57. The van der Waals surface area contributed by atoms with Gasteiger partial charge in [-0.25, -0.2) is 4.68 Å². The molecule has 3 N–H and O–H groups in total. The van der Waals surface area contributed by atoms with Gasteiger partial charge in [-0.1, -0.05) is 0 Å². The minimum absolute atomic E-state index is 0.174. The highest BCUT2D eigenvalue weighted by atomic mass is 16.5. The monoisotopic (exact) mass is 285 g/mol. The van der Waals surface area contributed by atoms with E-state index in [0.717, 1.165) is 17.2 Å². The molecule has 0 bridgehead atoms. The van der Waals surface area contributed by atoms with Crippen LogP contribution in [-0.4, -0.2) is 16.9 Å². The minimum atomic E-state index is 0.174. The van der Waals surface area contributed by atoms with E-state index in [1.54, 1.807) is 25.3 Å². The van der Waals surface area contributed by atoms with Crippen molar-refractivity contribution in [3.63, 3.8) is 0 Å². The number of nitrogens with zero attached hydrogens (tertiary/aromatic N) is 3. The normalized spacial score (nSPS) is 10.5. The van der Waals surface area contributed by atoms with Crippen molar-refractivity contribution >= 4 is 17.2 Å². The van der Waals surface area contributed by atoms with Gasteiger partial charge in [0.2, 0.25) is 0 Å². The van der Waals surface area contributed by atoms with Crippen molar-refractivity contribution in [3.05, 3.63) is 29.5 Å². The van der Waals surface area contributed by atoms with Gasteiger partial charge in [0.05, 0.1) is 35.8 Å². The summed E-state index contributed by atoms with van der Waals surface area (Å²) in [5, 5.41) is 16.6. The van der Waals surface area contributed by atoms with E-state index in [9.17, 15) is 0 Å². The Morgan fingerprint density at radius 2 is 2.14 bits per heavy atom. The predicted molar refractivity (Wildman–Crippen MR) is 82.8 cm³/mol. The van der Waals surface area contributed by atoms with Crippen LogP contribution in [-0.2, 0) is 0 Å². The van der Waals surface area contributed by atoms with Crippen LogP contribution in [0.4, 0.5) is 17.2 Å². The number of anilines is 3. The highest BCUT2D eigenvalue weighted by Gasteiger charge is 2.16. The summed E-state index contributed by atoms with van der Waals surface area (Å²) < 4.78 is 7.16. The van der Waals surface area contributed by atoms with Gasteiger partial charge in [0.25, 0.3) is 0 Å². The quantitative estimate of drug-likeness (QED) is 0.901. The second kappa shape index (κ2) is 5.75. The average molecular weight is 285 g/mol. The van der Waals surface area contributed by atoms with Gasteiger partial charge < -0.3 is 15.8 Å². The Morgan fingerprint density at radius 3 is 2.71 bits per heavy atom. The maximum atomic E-state index is 8.94. The standard InChI is InChI=1S/C15H19N5O/c1-9(2)20-15(14(17)10(3)19-20)18-12-6-5-11(8-16)7-13(12)21-4/h5-7,9,18H,17H2,1-4H3. The lowest BCUT2D eigenvalue weighted by molar-refractivity contribution is 0.416. The van der Waals surface area contributed by atoms with Crippen LogP contribution in [0.3, 0.4) is 0 Å². The first-order valence-corrected chi connectivity index (χ1v) is 6.67. The van der Waals surface area contributed by atoms with Crippen molar-refractivity contribution in [2.75, 3.05) is 18.2 Å². The first-order valence-electron chi connectivity index (χ1n) is 6.67. The number of rotatable bonds is 4. The van der Waals surface area contributed by atoms with Gasteiger partial charge in [0, 0.05) is 12.1 Å². The molecular weight excluding hydrogens is 266 g/mol. The summed E-state index contributed by atoms with van der Waals surface area (Å²) in [6.45, 7) is 5.94. The fourth-order valence-electron chi connectivity index (χ4n) is 2.05. The Balaban J connectivity index is 2.46. The number of nitrogen functional groups attached to an aromatic ring is 1. The largest absolute Gasteiger partial charge is 0.495 e. The van der Waals surface area contributed by atoms with Gasteiger partial charge in [-0.15, -0.1) is 0 Å². The van der Waals surface area contributed by atoms with E-state index in [-0.39, 0.29) is 6.04 Å². The van der Waals surface area contributed by atoms with Crippen molar-refractivity contribution in [1.29, 1.82) is 5.26 Å². The molecule has 0 unspecified atom stereocenters. The van der Waals surface area contributed by atoms with E-state index in [4.69, 9.17) is 15.7 Å². The average Bonchev–Trinajstić information content (AvgIpc) is 2.76. The second-order valence-corrected chi connectivity index (χ2v) is 5.04. The van der Waals surface area contributed by atoms with E-state index in [0.29, 0.717) is 17.0 Å². The first-order chi connectivity index (χ1) is 9.97. The Kier molecular flexibility index (Phi) is 4.03. The number of methoxy groups -OCH3 is 1. The van der Waals surface area contributed by atoms with Crippen molar-refractivity contribution in [1.82, 2.24) is 9.78 Å². The Bertz CT molecular complexity index is 697. The Hall–Kier alpha value is -2.68. The number of hydrogen-bond acceptors (Lipinski definition) is 5. The molecule has 0 aliphatic carbocycles. The lowest BCUT2D eigenvalue weighted by Gasteiger charge is -2.15. The molecule has 0 radical (unpaired) electrons. The molecule has 0 spiro atoms. The number of ether oxygens (including phenoxy) is 1. The summed E-state index contributed by atoms with van der Waals surface area (Å²) in [4.78, 5) is 0. The summed E-state index contributed by atoms with van der Waals surface area (Å²) >= 11 is 0. The van der Waals surface area contributed by atoms with Crippen LogP contribution in [0.25, 0.3) is 0 Å². The molecule has 110 valence electrons. The van der Waals surface area contributed by atoms with Crippen LogP contribution in [0.5, 0.6) is 5.75 Å². The molecule has 0 fully saturated rings. The molecule has 2 aromatic rings. The number of aryl methyl sites for hydroxylation is 1. The van der Waals surface area contributed by atoms with Crippen LogP contribution in [0.1, 0.15) is 31.1 Å². The van der Waals surface area contributed by atoms with Crippen LogP contribution in [0.2, 0.25) is 0 Å². The molecule has 0 saturated heterocycles. The van der Waals surface area contributed by atoms with Gasteiger partial charge in [0.15, 0.2) is 5.82 Å². The molecule has 21 heavy (non-hydrogen) atoms. The fraction of sp³-hybridized carbons (Fsp3) is 0.333. The third kappa shape index (κ3) is 2.77. The van der Waals surface area contributed by atoms with Crippen molar-refractivity contribution in [3.8, 4) is 11.8 Å². The number of nitriles is 1. The summed E-state index contributed by atoms with van der Waals surface area (Å²) in [5.74, 6) is 1.31. The van der Waals surface area contributed by atoms with Crippen LogP contribution < -0.4 is 15.8 Å². The molecule has 0 aliphatic rings. The molecule has 6 heteroatoms. The molecule has 1 aromatic heterocycles. The maximum Gasteiger partial charge on any atom is 0.152 e. The molecule has 0 amide bonds. The molecule has 6 nitrogen and oxygen atoms in total. The van der Waals surface area contributed by atoms with Crippen molar-refractivity contribution in [2.24, 2.45) is 0 Å². The lowest BCUT2D eigenvalue weighted by Crippen LogP contribution is -2.08. The fourth-order valence-corrected chi connectivity index (χ4v) is 2.05. The van der Waals surface area contributed by atoms with Gasteiger partial charge in [-0.2, -0.15) is 10.4 Å². The third-order valence-electron chi connectivity index (χ3n) is 3.20. The van der Waals surface area contributed by atoms with E-state index < -0.39 is 0 Å². The molecule has 2 rings (SSSR count). The molecule has 0 atom stereocenters. The summed E-state index contributed by atoms with van der Waals surface area (Å²) in [5.41, 5.74) is 8.76. The van der Waals surface area contributed by atoms with E-state index in [1.165, 1.54) is 0 Å². The number of nitrogens with one attached hydrogen (secondary N) is 1. The van der Waals surface area contributed by atoms with Crippen molar-refractivity contribution < 1.29 is 4.74 Å². The highest BCUT2D eigenvalue weighted by Crippen LogP contribution is 2.33. The zero-order valence-corrected chi connectivity index (χ0v) is 12.6. The molecule has 0 saturated carbocycles. The minimum Gasteiger partial charge on any atom is -0.495 e. The SMILES string of the molecule is COc1cc(C#N)ccc1Nc1c(N)c(C)nn1C(C)C. The number of hydrogen-bond donors (Lipinski definition) is 2. The smallest absolute Gasteiger partial charge is 0.152 e. The summed E-state index contributed by atoms with van der Waals surface area (Å²) in [6.07, 6.45) is 0. The molecule has 1 heterocycles. The first kappa shape index (κ1) is 14.7. The number of aromatic nitrogens is 2. The Labute approximate surface area is 124 Å². The zero-order chi connectivity index (χ0) is 15.6. The van der Waals surface area contributed by atoms with Crippen LogP contribution in [0.15, 0.2) is 18.2 Å². The third-order valence-corrected chi connectivity index (χ3v) is 3.20. The number of benzene rings is 1. The van der Waals surface area contributed by atoms with E-state index >= 15 is 0 Å². The molecular formula is C15H19N5O. The van der Waals surface area contributed by atoms with Crippen LogP contribution in [0, 0.1) is 18.3 Å². The topological polar surface area (TPSA) is 88.9 Å². The summed E-state index contributed by atoms with van der Waals surface area (Å²) in [6, 6.07) is 7.47. The van der Waals surface area contributed by atoms with Gasteiger partial charge in [-0.05, 0) is 32.9 Å². The van der Waals surface area contributed by atoms with Gasteiger partial charge in [0.1, 0.15) is 5.75 Å². The van der Waals surface area contributed by atoms with E-state index in [2.05, 4.69) is 16.5 Å². The van der Waals surface area contributed by atoms with E-state index in [1.807, 2.05) is 25.5 Å². The predicted octanol–water partition coefficient (Wildman–Crippen LogP) is 2.98. The van der Waals surface area contributed by atoms with Gasteiger partial charge in [-0.3, -0.25) is 0 Å². The molecule has 1 aromatic carbocycles. The van der Waals surface area contributed by atoms with Gasteiger partial charge >= 0.3 is 0 Å². The lowest BCUT2D eigenvalue weighted by atomic mass is 10.2. The van der Waals surface area contributed by atoms with Crippen LogP contribution >= 0.6 is 0 Å². The maximum absolute atomic E-state index is 8.94. The number of nitrogens with two attached hydrogens (primary N) is 1.